The first-order valence-electron chi connectivity index (χ1n) is 44.3. The van der Waals surface area contributed by atoms with Crippen LogP contribution in [0.4, 0.5) is 0 Å². The smallest absolute Gasteiger partial charge is 0.462 e. The molecule has 0 rings (SSSR count). The summed E-state index contributed by atoms with van der Waals surface area (Å²) >= 11 is 0. The van der Waals surface area contributed by atoms with E-state index in [1.807, 2.05) is 21.1 Å². The number of quaternary nitrogens is 1. The number of allylic oxidation sites excluding steroid dienone is 14. The fourth-order valence-electron chi connectivity index (χ4n) is 13.2. The maximum Gasteiger partial charge on any atom is 0.472 e. The van der Waals surface area contributed by atoms with Crippen LogP contribution in [0.3, 0.4) is 0 Å². The lowest BCUT2D eigenvalue weighted by Crippen LogP contribution is -2.37. The molecule has 1 N–H and O–H groups in total. The van der Waals surface area contributed by atoms with Gasteiger partial charge in [0.2, 0.25) is 0 Å². The van der Waals surface area contributed by atoms with Crippen LogP contribution in [0.5, 0.6) is 0 Å². The van der Waals surface area contributed by atoms with Crippen LogP contribution in [-0.2, 0) is 32.7 Å². The molecule has 0 aromatic carbocycles. The largest absolute Gasteiger partial charge is 0.472 e. The number of hydrogen-bond donors (Lipinski definition) is 1. The van der Waals surface area contributed by atoms with Crippen LogP contribution >= 0.6 is 7.82 Å². The van der Waals surface area contributed by atoms with E-state index in [1.54, 1.807) is 0 Å². The molecule has 2 atom stereocenters. The van der Waals surface area contributed by atoms with Crippen molar-refractivity contribution in [3.8, 4) is 0 Å². The van der Waals surface area contributed by atoms with E-state index in [2.05, 4.69) is 98.9 Å². The van der Waals surface area contributed by atoms with Gasteiger partial charge in [-0.05, 0) is 89.9 Å². The zero-order valence-corrected chi connectivity index (χ0v) is 69.3. The summed E-state index contributed by atoms with van der Waals surface area (Å²) in [5, 5.41) is 0. The van der Waals surface area contributed by atoms with E-state index in [4.69, 9.17) is 18.5 Å². The minimum absolute atomic E-state index is 0.0338. The number of esters is 2. The molecule has 0 fully saturated rings. The zero-order valence-electron chi connectivity index (χ0n) is 68.4. The zero-order chi connectivity index (χ0) is 74.0. The van der Waals surface area contributed by atoms with E-state index >= 15 is 0 Å². The Morgan fingerprint density at radius 2 is 0.559 bits per heavy atom. The molecule has 0 aromatic rings. The predicted molar refractivity (Wildman–Crippen MR) is 446 cm³/mol. The maximum atomic E-state index is 12.9. The van der Waals surface area contributed by atoms with E-state index in [-0.39, 0.29) is 25.6 Å². The summed E-state index contributed by atoms with van der Waals surface area (Å²) in [6.45, 7) is 4.38. The molecule has 9 nitrogen and oxygen atoms in total. The SMILES string of the molecule is CC/C=C\C/C=C\C/C=C\C/C=C\C/C=C\CCCCCCCCCCCCCCCCCCCCCCCCCCCC(=O)OC(COC(=O)CCCCCCCCCCCCCCCCCCCCCCCCCCC/C=C\C/C=C\CCCCCCC)COP(=O)(O)OCC[N+](C)(C)C. The average Bonchev–Trinajstić information content (AvgIpc) is 0.916. The average molecular weight is 1450 g/mol. The van der Waals surface area contributed by atoms with Gasteiger partial charge < -0.3 is 18.9 Å². The second-order valence-corrected chi connectivity index (χ2v) is 32.7. The Labute approximate surface area is 634 Å². The molecule has 0 spiro atoms. The number of nitrogens with zero attached hydrogens (tertiary/aromatic N) is 1. The van der Waals surface area contributed by atoms with Gasteiger partial charge in [-0.1, -0.05) is 420 Å². The monoisotopic (exact) mass is 1450 g/mol. The fraction of sp³-hybridized carbons (Fsp3) is 0.826. The molecule has 0 aliphatic carbocycles. The number of phosphoric ester groups is 1. The summed E-state index contributed by atoms with van der Waals surface area (Å²) in [6, 6.07) is 0. The molecule has 0 amide bonds. The molecule has 10 heteroatoms. The van der Waals surface area contributed by atoms with E-state index in [1.165, 1.54) is 334 Å². The normalized spacial score (nSPS) is 13.4. The van der Waals surface area contributed by atoms with Crippen molar-refractivity contribution in [2.24, 2.45) is 0 Å². The fourth-order valence-corrected chi connectivity index (χ4v) is 13.9. The van der Waals surface area contributed by atoms with Crippen LogP contribution in [0.1, 0.15) is 438 Å². The first-order chi connectivity index (χ1) is 50.0. The molecule has 0 aliphatic heterocycles. The molecular formula is C92H171NO8P+. The van der Waals surface area contributed by atoms with Crippen LogP contribution in [0.15, 0.2) is 85.1 Å². The Hall–Kier alpha value is -2.81. The highest BCUT2D eigenvalue weighted by molar-refractivity contribution is 7.47. The Morgan fingerprint density at radius 3 is 0.833 bits per heavy atom. The number of carbonyl (C=O) groups excluding carboxylic acids is 2. The molecule has 0 heterocycles. The summed E-state index contributed by atoms with van der Waals surface area (Å²) < 4.78 is 34.9. The molecule has 0 saturated carbocycles. The quantitative estimate of drug-likeness (QED) is 0.0211. The maximum absolute atomic E-state index is 12.9. The Kier molecular flexibility index (Phi) is 80.0. The second-order valence-electron chi connectivity index (χ2n) is 31.3. The van der Waals surface area contributed by atoms with Crippen molar-refractivity contribution < 1.29 is 42.1 Å². The van der Waals surface area contributed by atoms with E-state index in [0.29, 0.717) is 23.9 Å². The second kappa shape index (κ2) is 82.3. The standard InChI is InChI=1S/C92H170NO8P/c1-6-8-10-12-14-16-18-20-22-24-26-28-30-32-34-36-38-40-42-44-45-46-47-49-51-53-55-57-59-61-63-65-67-69-71-73-75-77-79-81-83-85-92(95)101-90(89-100-102(96,97)99-87-86-93(3,4)5)88-98-91(94)84-82-80-78-76-74-72-70-68-66-64-62-60-58-56-54-52-50-48-43-41-39-37-35-33-31-29-27-25-23-21-19-17-15-13-11-9-7-2/h8,10,14,16,19-22,25-28,32,34,90H,6-7,9,11-13,15,17-18,23-24,29-31,33,35-89H2,1-5H3/p+1/b10-8-,16-14-,21-19-,22-20-,27-25-,28-26-,34-32-. The van der Waals surface area contributed by atoms with Gasteiger partial charge in [0.15, 0.2) is 6.10 Å². The van der Waals surface area contributed by atoms with Gasteiger partial charge in [0.25, 0.3) is 0 Å². The number of likely N-dealkylation sites (N-methyl/N-ethyl adjacent to an activating group) is 1. The van der Waals surface area contributed by atoms with Crippen LogP contribution in [0.25, 0.3) is 0 Å². The number of rotatable bonds is 83. The van der Waals surface area contributed by atoms with Crippen molar-refractivity contribution in [2.75, 3.05) is 47.5 Å². The summed E-state index contributed by atoms with van der Waals surface area (Å²) in [5.41, 5.74) is 0. The number of ether oxygens (including phenoxy) is 2. The van der Waals surface area contributed by atoms with Gasteiger partial charge in [-0.15, -0.1) is 0 Å². The van der Waals surface area contributed by atoms with E-state index in [9.17, 15) is 19.0 Å². The van der Waals surface area contributed by atoms with Crippen molar-refractivity contribution in [1.82, 2.24) is 0 Å². The summed E-state index contributed by atoms with van der Waals surface area (Å²) in [5.74, 6) is -0.772. The van der Waals surface area contributed by atoms with Gasteiger partial charge in [-0.2, -0.15) is 0 Å². The van der Waals surface area contributed by atoms with Gasteiger partial charge in [0.1, 0.15) is 19.8 Å². The Bertz CT molecular complexity index is 2000. The van der Waals surface area contributed by atoms with Crippen molar-refractivity contribution in [2.45, 2.75) is 444 Å². The van der Waals surface area contributed by atoms with Gasteiger partial charge in [-0.3, -0.25) is 18.6 Å². The molecule has 596 valence electrons. The number of carbonyl (C=O) groups is 2. The molecule has 102 heavy (non-hydrogen) atoms. The van der Waals surface area contributed by atoms with Crippen LogP contribution in [-0.4, -0.2) is 74.9 Å². The third kappa shape index (κ3) is 86.1. The number of unbranched alkanes of at least 4 members (excludes halogenated alkanes) is 55. The third-order valence-electron chi connectivity index (χ3n) is 19.9. The topological polar surface area (TPSA) is 108 Å². The summed E-state index contributed by atoms with van der Waals surface area (Å²) in [4.78, 5) is 36.1. The third-order valence-corrected chi connectivity index (χ3v) is 20.9. The van der Waals surface area contributed by atoms with Crippen LogP contribution in [0, 0.1) is 0 Å². The highest BCUT2D eigenvalue weighted by Gasteiger charge is 2.27. The lowest BCUT2D eigenvalue weighted by molar-refractivity contribution is -0.870. The van der Waals surface area contributed by atoms with Gasteiger partial charge in [0.05, 0.1) is 27.7 Å². The molecule has 0 radical (unpaired) electrons. The molecule has 0 bridgehead atoms. The van der Waals surface area contributed by atoms with E-state index < -0.39 is 26.5 Å². The molecular weight excluding hydrogens is 1280 g/mol. The van der Waals surface area contributed by atoms with Crippen LogP contribution in [0.2, 0.25) is 0 Å². The minimum atomic E-state index is -4.40. The summed E-state index contributed by atoms with van der Waals surface area (Å²) in [6.07, 6.45) is 115. The number of phosphoric acid groups is 1. The van der Waals surface area contributed by atoms with Crippen molar-refractivity contribution in [3.05, 3.63) is 85.1 Å². The van der Waals surface area contributed by atoms with Gasteiger partial charge >= 0.3 is 19.8 Å². The highest BCUT2D eigenvalue weighted by atomic mass is 31.2. The van der Waals surface area contributed by atoms with Crippen LogP contribution < -0.4 is 0 Å². The Morgan fingerprint density at radius 1 is 0.314 bits per heavy atom. The lowest BCUT2D eigenvalue weighted by atomic mass is 10.0. The van der Waals surface area contributed by atoms with Gasteiger partial charge in [0, 0.05) is 12.8 Å². The molecule has 0 saturated heterocycles. The lowest BCUT2D eigenvalue weighted by Gasteiger charge is -2.24. The summed E-state index contributed by atoms with van der Waals surface area (Å²) in [7, 11) is 1.50. The highest BCUT2D eigenvalue weighted by Crippen LogP contribution is 2.43. The van der Waals surface area contributed by atoms with Crippen molar-refractivity contribution in [3.63, 3.8) is 0 Å². The van der Waals surface area contributed by atoms with Crippen molar-refractivity contribution >= 4 is 19.8 Å². The molecule has 0 aliphatic rings. The predicted octanol–water partition coefficient (Wildman–Crippen LogP) is 30.0. The molecule has 0 aromatic heterocycles. The molecule has 2 unspecified atom stereocenters. The van der Waals surface area contributed by atoms with Gasteiger partial charge in [-0.25, -0.2) is 4.57 Å². The van der Waals surface area contributed by atoms with E-state index in [0.717, 1.165) is 70.6 Å². The minimum Gasteiger partial charge on any atom is -0.462 e. The Balaban J connectivity index is 3.86. The van der Waals surface area contributed by atoms with Crippen molar-refractivity contribution in [1.29, 1.82) is 0 Å². The number of hydrogen-bond acceptors (Lipinski definition) is 7. The first kappa shape index (κ1) is 99.2. The first-order valence-corrected chi connectivity index (χ1v) is 45.8.